The molecule has 1 aliphatic carbocycles. The van der Waals surface area contributed by atoms with Crippen molar-refractivity contribution in [1.82, 2.24) is 10.6 Å². The first-order chi connectivity index (χ1) is 12.5. The lowest BCUT2D eigenvalue weighted by Gasteiger charge is -2.36. The number of carbonyl (C=O) groups is 3. The first-order valence-corrected chi connectivity index (χ1v) is 10.2. The van der Waals surface area contributed by atoms with Crippen LogP contribution in [0.1, 0.15) is 73.1 Å². The number of aliphatic carboxylic acids is 1. The molecule has 1 rings (SSSR count). The minimum atomic E-state index is -0.894. The van der Waals surface area contributed by atoms with Gasteiger partial charge in [0.15, 0.2) is 0 Å². The topological polar surface area (TPSA) is 95.5 Å². The minimum Gasteiger partial charge on any atom is -0.481 e. The SMILES string of the molecule is CNC(=O)C(NC(=O)[C@H](CC(C)C)[C@@H](C(=O)O)C1CCCCC1)C(C)(C)C. The lowest BCUT2D eigenvalue weighted by atomic mass is 9.71. The van der Waals surface area contributed by atoms with Gasteiger partial charge in [0, 0.05) is 7.05 Å². The summed E-state index contributed by atoms with van der Waals surface area (Å²) in [6.07, 6.45) is 5.39. The third kappa shape index (κ3) is 6.82. The molecule has 0 bridgehead atoms. The fourth-order valence-electron chi connectivity index (χ4n) is 4.19. The summed E-state index contributed by atoms with van der Waals surface area (Å²) in [5, 5.41) is 15.4. The van der Waals surface area contributed by atoms with E-state index < -0.39 is 29.3 Å². The maximum absolute atomic E-state index is 13.2. The molecule has 0 aromatic rings. The fraction of sp³-hybridized carbons (Fsp3) is 0.857. The molecule has 6 heteroatoms. The molecule has 0 spiro atoms. The van der Waals surface area contributed by atoms with Gasteiger partial charge >= 0.3 is 5.97 Å². The van der Waals surface area contributed by atoms with Crippen molar-refractivity contribution in [2.45, 2.75) is 79.2 Å². The van der Waals surface area contributed by atoms with Gasteiger partial charge in [0.05, 0.1) is 11.8 Å². The van der Waals surface area contributed by atoms with E-state index in [1.807, 2.05) is 34.6 Å². The van der Waals surface area contributed by atoms with Gasteiger partial charge in [0.1, 0.15) is 6.04 Å². The molecule has 1 saturated carbocycles. The lowest BCUT2D eigenvalue weighted by Crippen LogP contribution is -2.55. The van der Waals surface area contributed by atoms with Gasteiger partial charge in [-0.3, -0.25) is 14.4 Å². The Morgan fingerprint density at radius 2 is 1.59 bits per heavy atom. The number of hydrogen-bond acceptors (Lipinski definition) is 3. The van der Waals surface area contributed by atoms with E-state index in [-0.39, 0.29) is 23.7 Å². The third-order valence-corrected chi connectivity index (χ3v) is 5.60. The van der Waals surface area contributed by atoms with Gasteiger partial charge in [-0.05, 0) is 36.5 Å². The van der Waals surface area contributed by atoms with E-state index in [0.29, 0.717) is 6.42 Å². The second-order valence-corrected chi connectivity index (χ2v) is 9.42. The van der Waals surface area contributed by atoms with Crippen molar-refractivity contribution in [1.29, 1.82) is 0 Å². The van der Waals surface area contributed by atoms with Crippen molar-refractivity contribution < 1.29 is 19.5 Å². The van der Waals surface area contributed by atoms with Gasteiger partial charge in [0.2, 0.25) is 11.8 Å². The molecule has 0 saturated heterocycles. The van der Waals surface area contributed by atoms with E-state index in [0.717, 1.165) is 32.1 Å². The highest BCUT2D eigenvalue weighted by atomic mass is 16.4. The molecule has 0 heterocycles. The molecule has 0 aromatic heterocycles. The quantitative estimate of drug-likeness (QED) is 0.601. The van der Waals surface area contributed by atoms with Crippen LogP contribution in [0.15, 0.2) is 0 Å². The average molecular weight is 383 g/mol. The summed E-state index contributed by atoms with van der Waals surface area (Å²) in [5.41, 5.74) is -0.471. The molecular weight excluding hydrogens is 344 g/mol. The zero-order chi connectivity index (χ0) is 20.8. The monoisotopic (exact) mass is 382 g/mol. The number of likely N-dealkylation sites (N-methyl/N-ethyl adjacent to an activating group) is 1. The molecule has 0 aromatic carbocycles. The summed E-state index contributed by atoms with van der Waals surface area (Å²) >= 11 is 0. The number of carboxylic acid groups (broad SMARTS) is 1. The Balaban J connectivity index is 3.12. The first kappa shape index (κ1) is 23.4. The van der Waals surface area contributed by atoms with Crippen LogP contribution in [0.4, 0.5) is 0 Å². The molecule has 6 nitrogen and oxygen atoms in total. The number of carboxylic acids is 1. The van der Waals surface area contributed by atoms with Crippen molar-refractivity contribution >= 4 is 17.8 Å². The van der Waals surface area contributed by atoms with Crippen LogP contribution in [-0.2, 0) is 14.4 Å². The molecular formula is C21H38N2O4. The van der Waals surface area contributed by atoms with E-state index in [4.69, 9.17) is 0 Å². The van der Waals surface area contributed by atoms with Gasteiger partial charge < -0.3 is 15.7 Å². The van der Waals surface area contributed by atoms with Crippen LogP contribution in [0, 0.1) is 29.1 Å². The lowest BCUT2D eigenvalue weighted by molar-refractivity contribution is -0.151. The Labute approximate surface area is 163 Å². The number of carbonyl (C=O) groups excluding carboxylic acids is 2. The highest BCUT2D eigenvalue weighted by molar-refractivity contribution is 5.90. The van der Waals surface area contributed by atoms with Gasteiger partial charge in [-0.15, -0.1) is 0 Å². The van der Waals surface area contributed by atoms with Gasteiger partial charge in [-0.2, -0.15) is 0 Å². The van der Waals surface area contributed by atoms with E-state index in [1.165, 1.54) is 0 Å². The molecule has 0 radical (unpaired) electrons. The van der Waals surface area contributed by atoms with E-state index >= 15 is 0 Å². The van der Waals surface area contributed by atoms with Crippen LogP contribution in [0.5, 0.6) is 0 Å². The van der Waals surface area contributed by atoms with Crippen molar-refractivity contribution in [2.24, 2.45) is 29.1 Å². The number of hydrogen-bond donors (Lipinski definition) is 3. The molecule has 2 amide bonds. The summed E-state index contributed by atoms with van der Waals surface area (Å²) in [6.45, 7) is 9.67. The van der Waals surface area contributed by atoms with E-state index in [9.17, 15) is 19.5 Å². The summed E-state index contributed by atoms with van der Waals surface area (Å²) in [7, 11) is 1.54. The van der Waals surface area contributed by atoms with Gasteiger partial charge in [-0.1, -0.05) is 53.9 Å². The summed E-state index contributed by atoms with van der Waals surface area (Å²) < 4.78 is 0. The van der Waals surface area contributed by atoms with Crippen molar-refractivity contribution in [2.75, 3.05) is 7.05 Å². The highest BCUT2D eigenvalue weighted by Gasteiger charge is 2.42. The predicted molar refractivity (Wildman–Crippen MR) is 106 cm³/mol. The van der Waals surface area contributed by atoms with E-state index in [2.05, 4.69) is 10.6 Å². The second kappa shape index (κ2) is 10.1. The van der Waals surface area contributed by atoms with Crippen molar-refractivity contribution in [3.8, 4) is 0 Å². The highest BCUT2D eigenvalue weighted by Crippen LogP contribution is 2.37. The Bertz CT molecular complexity index is 519. The van der Waals surface area contributed by atoms with E-state index in [1.54, 1.807) is 7.05 Å². The first-order valence-electron chi connectivity index (χ1n) is 10.2. The smallest absolute Gasteiger partial charge is 0.307 e. The molecule has 3 N–H and O–H groups in total. The Kier molecular flexibility index (Phi) is 8.76. The third-order valence-electron chi connectivity index (χ3n) is 5.60. The predicted octanol–water partition coefficient (Wildman–Crippen LogP) is 3.21. The minimum absolute atomic E-state index is 0.0267. The molecule has 27 heavy (non-hydrogen) atoms. The van der Waals surface area contributed by atoms with Gasteiger partial charge in [-0.25, -0.2) is 0 Å². The summed E-state index contributed by atoms with van der Waals surface area (Å²) in [6, 6.07) is -0.703. The van der Waals surface area contributed by atoms with Crippen LogP contribution in [0.25, 0.3) is 0 Å². The van der Waals surface area contributed by atoms with Crippen LogP contribution in [0.3, 0.4) is 0 Å². The molecule has 0 aliphatic heterocycles. The number of amides is 2. The van der Waals surface area contributed by atoms with Crippen LogP contribution < -0.4 is 10.6 Å². The Morgan fingerprint density at radius 3 is 2.00 bits per heavy atom. The Morgan fingerprint density at radius 1 is 1.04 bits per heavy atom. The van der Waals surface area contributed by atoms with Crippen LogP contribution in [-0.4, -0.2) is 36.0 Å². The molecule has 1 fully saturated rings. The normalized spacial score (nSPS) is 19.2. The van der Waals surface area contributed by atoms with Crippen LogP contribution in [0.2, 0.25) is 0 Å². The molecule has 1 aliphatic rings. The molecule has 1 unspecified atom stereocenters. The maximum Gasteiger partial charge on any atom is 0.307 e. The zero-order valence-corrected chi connectivity index (χ0v) is 17.8. The maximum atomic E-state index is 13.2. The summed E-state index contributed by atoms with van der Waals surface area (Å²) in [5.74, 6) is -2.57. The Hall–Kier alpha value is -1.59. The van der Waals surface area contributed by atoms with Crippen molar-refractivity contribution in [3.05, 3.63) is 0 Å². The summed E-state index contributed by atoms with van der Waals surface area (Å²) in [4.78, 5) is 37.6. The van der Waals surface area contributed by atoms with Crippen molar-refractivity contribution in [3.63, 3.8) is 0 Å². The second-order valence-electron chi connectivity index (χ2n) is 9.42. The largest absolute Gasteiger partial charge is 0.481 e. The molecule has 3 atom stereocenters. The van der Waals surface area contributed by atoms with Gasteiger partial charge in [0.25, 0.3) is 0 Å². The fourth-order valence-corrected chi connectivity index (χ4v) is 4.19. The zero-order valence-electron chi connectivity index (χ0n) is 17.8. The number of rotatable bonds is 8. The number of nitrogens with one attached hydrogen (secondary N) is 2. The molecule has 156 valence electrons. The van der Waals surface area contributed by atoms with Crippen LogP contribution >= 0.6 is 0 Å². The standard InChI is InChI=1S/C21H38N2O4/c1-13(2)12-15(16(20(26)27)14-10-8-7-9-11-14)18(24)23-17(19(25)22-6)21(3,4)5/h13-17H,7-12H2,1-6H3,(H,22,25)(H,23,24)(H,26,27)/t15-,16+,17?/m1/s1. The average Bonchev–Trinajstić information content (AvgIpc) is 2.57.